The molecule has 1 aromatic heterocycles. The van der Waals surface area contributed by atoms with Crippen LogP contribution in [0.25, 0.3) is 11.5 Å². The second-order valence-electron chi connectivity index (χ2n) is 6.06. The number of sulfonamides is 1. The first-order chi connectivity index (χ1) is 14.0. The minimum atomic E-state index is -3.67. The van der Waals surface area contributed by atoms with Gasteiger partial charge in [0.25, 0.3) is 5.89 Å². The number of carbonyl (C=O) groups is 1. The molecule has 9 heteroatoms. The number of rotatable bonds is 8. The van der Waals surface area contributed by atoms with Gasteiger partial charge in [0.2, 0.25) is 15.9 Å². The summed E-state index contributed by atoms with van der Waals surface area (Å²) in [5.74, 6) is -0.214. The summed E-state index contributed by atoms with van der Waals surface area (Å²) in [7, 11) is -3.67. The zero-order chi connectivity index (χ0) is 20.9. The van der Waals surface area contributed by atoms with E-state index in [1.54, 1.807) is 13.8 Å². The Morgan fingerprint density at radius 1 is 1.03 bits per heavy atom. The molecule has 0 aliphatic carbocycles. The van der Waals surface area contributed by atoms with Crippen LogP contribution in [0.2, 0.25) is 0 Å². The average molecular weight is 415 g/mol. The van der Waals surface area contributed by atoms with E-state index in [0.717, 1.165) is 5.56 Å². The van der Waals surface area contributed by atoms with Gasteiger partial charge in [-0.15, -0.1) is 10.2 Å². The molecule has 0 aliphatic rings. The van der Waals surface area contributed by atoms with Crippen molar-refractivity contribution in [1.82, 2.24) is 14.5 Å². The molecule has 1 heterocycles. The smallest absolute Gasteiger partial charge is 0.338 e. The first-order valence-corrected chi connectivity index (χ1v) is 10.5. The highest BCUT2D eigenvalue weighted by atomic mass is 32.2. The van der Waals surface area contributed by atoms with Gasteiger partial charge in [0.15, 0.2) is 6.61 Å². The second-order valence-corrected chi connectivity index (χ2v) is 8.00. The zero-order valence-electron chi connectivity index (χ0n) is 16.1. The van der Waals surface area contributed by atoms with Gasteiger partial charge in [-0.3, -0.25) is 0 Å². The van der Waals surface area contributed by atoms with E-state index < -0.39 is 16.0 Å². The molecule has 0 amide bonds. The predicted molar refractivity (Wildman–Crippen MR) is 105 cm³/mol. The highest BCUT2D eigenvalue weighted by molar-refractivity contribution is 7.89. The Kier molecular flexibility index (Phi) is 6.40. The SMILES string of the molecule is CCN(CC)S(=O)(=O)c1cccc(C(=O)OCc2nnc(-c3ccccc3)o2)c1. The molecule has 3 aromatic rings. The van der Waals surface area contributed by atoms with Crippen molar-refractivity contribution >= 4 is 16.0 Å². The van der Waals surface area contributed by atoms with Crippen LogP contribution in [-0.2, 0) is 21.4 Å². The highest BCUT2D eigenvalue weighted by Crippen LogP contribution is 2.19. The number of hydrogen-bond acceptors (Lipinski definition) is 7. The fourth-order valence-electron chi connectivity index (χ4n) is 2.72. The van der Waals surface area contributed by atoms with Gasteiger partial charge in [-0.05, 0) is 30.3 Å². The Hall–Kier alpha value is -3.04. The third kappa shape index (κ3) is 4.69. The number of nitrogens with zero attached hydrogens (tertiary/aromatic N) is 3. The normalized spacial score (nSPS) is 11.6. The average Bonchev–Trinajstić information content (AvgIpc) is 3.22. The second kappa shape index (κ2) is 8.97. The summed E-state index contributed by atoms with van der Waals surface area (Å²) in [6, 6.07) is 15.0. The lowest BCUT2D eigenvalue weighted by Crippen LogP contribution is -2.30. The third-order valence-corrected chi connectivity index (χ3v) is 6.27. The molecule has 0 atom stereocenters. The fourth-order valence-corrected chi connectivity index (χ4v) is 4.22. The van der Waals surface area contributed by atoms with Crippen molar-refractivity contribution in [3.63, 3.8) is 0 Å². The summed E-state index contributed by atoms with van der Waals surface area (Å²) < 4.78 is 37.3. The summed E-state index contributed by atoms with van der Waals surface area (Å²) >= 11 is 0. The molecule has 0 spiro atoms. The molecule has 0 unspecified atom stereocenters. The number of ether oxygens (including phenoxy) is 1. The van der Waals surface area contributed by atoms with Crippen molar-refractivity contribution in [3.05, 3.63) is 66.1 Å². The molecule has 8 nitrogen and oxygen atoms in total. The first-order valence-electron chi connectivity index (χ1n) is 9.10. The van der Waals surface area contributed by atoms with Crippen LogP contribution in [0.5, 0.6) is 0 Å². The molecular weight excluding hydrogens is 394 g/mol. The molecule has 152 valence electrons. The van der Waals surface area contributed by atoms with Crippen LogP contribution < -0.4 is 0 Å². The minimum Gasteiger partial charge on any atom is -0.452 e. The highest BCUT2D eigenvalue weighted by Gasteiger charge is 2.23. The van der Waals surface area contributed by atoms with Crippen LogP contribution in [0, 0.1) is 0 Å². The van der Waals surface area contributed by atoms with Crippen LogP contribution in [0.4, 0.5) is 0 Å². The minimum absolute atomic E-state index is 0.0415. The van der Waals surface area contributed by atoms with Crippen molar-refractivity contribution in [1.29, 1.82) is 0 Å². The van der Waals surface area contributed by atoms with Gasteiger partial charge in [-0.2, -0.15) is 4.31 Å². The summed E-state index contributed by atoms with van der Waals surface area (Å²) in [4.78, 5) is 12.4. The van der Waals surface area contributed by atoms with Crippen LogP contribution >= 0.6 is 0 Å². The lowest BCUT2D eigenvalue weighted by molar-refractivity contribution is 0.0438. The number of benzene rings is 2. The summed E-state index contributed by atoms with van der Waals surface area (Å²) in [6.45, 7) is 3.98. The van der Waals surface area contributed by atoms with Gasteiger partial charge in [-0.25, -0.2) is 13.2 Å². The number of esters is 1. The van der Waals surface area contributed by atoms with Gasteiger partial charge in [0.1, 0.15) is 0 Å². The van der Waals surface area contributed by atoms with Crippen molar-refractivity contribution in [2.75, 3.05) is 13.1 Å². The van der Waals surface area contributed by atoms with Crippen molar-refractivity contribution in [3.8, 4) is 11.5 Å². The van der Waals surface area contributed by atoms with Crippen LogP contribution in [0.3, 0.4) is 0 Å². The molecule has 0 N–H and O–H groups in total. The van der Waals surface area contributed by atoms with Gasteiger partial charge in [0.05, 0.1) is 10.5 Å². The van der Waals surface area contributed by atoms with E-state index in [-0.39, 0.29) is 23.0 Å². The number of aromatic nitrogens is 2. The lowest BCUT2D eigenvalue weighted by Gasteiger charge is -2.18. The molecule has 0 saturated carbocycles. The Labute approximate surface area is 169 Å². The predicted octanol–water partition coefficient (Wildman–Crippen LogP) is 3.12. The zero-order valence-corrected chi connectivity index (χ0v) is 16.9. The van der Waals surface area contributed by atoms with Crippen LogP contribution in [0.15, 0.2) is 63.9 Å². The quantitative estimate of drug-likeness (QED) is 0.521. The summed E-state index contributed by atoms with van der Waals surface area (Å²) in [6.07, 6.45) is 0. The Bertz CT molecular complexity index is 1080. The van der Waals surface area contributed by atoms with Gasteiger partial charge in [0, 0.05) is 18.7 Å². The molecule has 2 aromatic carbocycles. The maximum Gasteiger partial charge on any atom is 0.338 e. The maximum atomic E-state index is 12.6. The topological polar surface area (TPSA) is 103 Å². The van der Waals surface area contributed by atoms with E-state index in [1.165, 1.54) is 28.6 Å². The van der Waals surface area contributed by atoms with Crippen molar-refractivity contribution in [2.45, 2.75) is 25.3 Å². The number of hydrogen-bond donors (Lipinski definition) is 0. The molecule has 0 saturated heterocycles. The van der Waals surface area contributed by atoms with E-state index in [2.05, 4.69) is 10.2 Å². The lowest BCUT2D eigenvalue weighted by atomic mass is 10.2. The van der Waals surface area contributed by atoms with Gasteiger partial charge in [-0.1, -0.05) is 38.1 Å². The molecular formula is C20H21N3O5S. The molecule has 0 fully saturated rings. The summed E-state index contributed by atoms with van der Waals surface area (Å²) in [5.41, 5.74) is 0.882. The molecule has 0 bridgehead atoms. The Morgan fingerprint density at radius 2 is 1.76 bits per heavy atom. The Morgan fingerprint density at radius 3 is 2.45 bits per heavy atom. The first kappa shape index (κ1) is 20.7. The number of carbonyl (C=O) groups excluding carboxylic acids is 1. The summed E-state index contributed by atoms with van der Waals surface area (Å²) in [5, 5.41) is 7.79. The van der Waals surface area contributed by atoms with E-state index in [0.29, 0.717) is 19.0 Å². The Balaban J connectivity index is 1.70. The molecule has 0 radical (unpaired) electrons. The monoisotopic (exact) mass is 415 g/mol. The van der Waals surface area contributed by atoms with Gasteiger partial charge >= 0.3 is 5.97 Å². The van der Waals surface area contributed by atoms with E-state index in [1.807, 2.05) is 30.3 Å². The molecule has 29 heavy (non-hydrogen) atoms. The maximum absolute atomic E-state index is 12.6. The molecule has 0 aliphatic heterocycles. The van der Waals surface area contributed by atoms with Gasteiger partial charge < -0.3 is 9.15 Å². The van der Waals surface area contributed by atoms with Crippen LogP contribution in [0.1, 0.15) is 30.1 Å². The van der Waals surface area contributed by atoms with Crippen LogP contribution in [-0.4, -0.2) is 42.0 Å². The third-order valence-electron chi connectivity index (χ3n) is 4.23. The fraction of sp³-hybridized carbons (Fsp3) is 0.250. The molecule has 3 rings (SSSR count). The van der Waals surface area contributed by atoms with Crippen molar-refractivity contribution in [2.24, 2.45) is 0 Å². The van der Waals surface area contributed by atoms with Crippen molar-refractivity contribution < 1.29 is 22.4 Å². The largest absolute Gasteiger partial charge is 0.452 e. The van der Waals surface area contributed by atoms with E-state index in [9.17, 15) is 13.2 Å². The van der Waals surface area contributed by atoms with E-state index in [4.69, 9.17) is 9.15 Å². The standard InChI is InChI=1S/C20H21N3O5S/c1-3-23(4-2)29(25,26)17-12-8-11-16(13-17)20(24)27-14-18-21-22-19(28-18)15-9-6-5-7-10-15/h5-13H,3-4,14H2,1-2H3. The van der Waals surface area contributed by atoms with E-state index >= 15 is 0 Å².